The van der Waals surface area contributed by atoms with Crippen molar-refractivity contribution < 1.29 is 4.79 Å². The standard InChI is InChI=1S/C8H10N2O/c11-6-7-5-9-8-3-1-2-4-10(7)8/h1-3,6-7,9H,4-5H2. The van der Waals surface area contributed by atoms with Crippen molar-refractivity contribution in [1.82, 2.24) is 10.2 Å². The van der Waals surface area contributed by atoms with Crippen LogP contribution in [0.3, 0.4) is 0 Å². The number of fused-ring (bicyclic) bond motifs is 1. The Morgan fingerprint density at radius 3 is 3.45 bits per heavy atom. The maximum Gasteiger partial charge on any atom is 0.144 e. The van der Waals surface area contributed by atoms with E-state index in [1.54, 1.807) is 0 Å². The first-order chi connectivity index (χ1) is 5.42. The summed E-state index contributed by atoms with van der Waals surface area (Å²) in [5, 5.41) is 3.16. The van der Waals surface area contributed by atoms with E-state index in [1.807, 2.05) is 18.2 Å². The predicted molar refractivity (Wildman–Crippen MR) is 41.8 cm³/mol. The third kappa shape index (κ3) is 0.926. The lowest BCUT2D eigenvalue weighted by atomic mass is 10.3. The lowest BCUT2D eigenvalue weighted by Gasteiger charge is -2.22. The van der Waals surface area contributed by atoms with E-state index in [1.165, 1.54) is 0 Å². The first-order valence-electron chi connectivity index (χ1n) is 3.74. The summed E-state index contributed by atoms with van der Waals surface area (Å²) in [5.41, 5.74) is 0. The van der Waals surface area contributed by atoms with Gasteiger partial charge in [-0.3, -0.25) is 0 Å². The van der Waals surface area contributed by atoms with Crippen LogP contribution in [0.15, 0.2) is 24.0 Å². The maximum absolute atomic E-state index is 10.5. The molecule has 0 spiro atoms. The Morgan fingerprint density at radius 1 is 1.73 bits per heavy atom. The third-order valence-electron chi connectivity index (χ3n) is 2.05. The second-order valence-corrected chi connectivity index (χ2v) is 2.72. The molecule has 1 fully saturated rings. The summed E-state index contributed by atoms with van der Waals surface area (Å²) in [6, 6.07) is 0.0335. The number of rotatable bonds is 1. The van der Waals surface area contributed by atoms with E-state index in [-0.39, 0.29) is 6.04 Å². The number of carbonyl (C=O) groups is 1. The van der Waals surface area contributed by atoms with Crippen molar-refractivity contribution in [2.45, 2.75) is 6.04 Å². The van der Waals surface area contributed by atoms with Crippen molar-refractivity contribution in [1.29, 1.82) is 0 Å². The number of nitrogens with one attached hydrogen (secondary N) is 1. The Morgan fingerprint density at radius 2 is 2.64 bits per heavy atom. The highest BCUT2D eigenvalue weighted by molar-refractivity contribution is 5.60. The maximum atomic E-state index is 10.5. The molecule has 1 saturated heterocycles. The van der Waals surface area contributed by atoms with Crippen LogP contribution >= 0.6 is 0 Å². The van der Waals surface area contributed by atoms with Gasteiger partial charge in [-0.1, -0.05) is 12.2 Å². The molecule has 3 nitrogen and oxygen atoms in total. The molecular weight excluding hydrogens is 140 g/mol. The molecule has 1 atom stereocenters. The fraction of sp³-hybridized carbons (Fsp3) is 0.375. The van der Waals surface area contributed by atoms with Gasteiger partial charge >= 0.3 is 0 Å². The van der Waals surface area contributed by atoms with Crippen molar-refractivity contribution >= 4 is 6.29 Å². The molecule has 0 aromatic carbocycles. The van der Waals surface area contributed by atoms with Gasteiger partial charge in [0, 0.05) is 13.1 Å². The van der Waals surface area contributed by atoms with Crippen LogP contribution in [0.25, 0.3) is 0 Å². The van der Waals surface area contributed by atoms with Crippen LogP contribution in [-0.4, -0.2) is 30.3 Å². The van der Waals surface area contributed by atoms with Crippen LogP contribution in [0.5, 0.6) is 0 Å². The minimum atomic E-state index is 0.0335. The second-order valence-electron chi connectivity index (χ2n) is 2.72. The van der Waals surface area contributed by atoms with E-state index < -0.39 is 0 Å². The fourth-order valence-electron chi connectivity index (χ4n) is 1.44. The number of carbonyl (C=O) groups excluding carboxylic acids is 1. The SMILES string of the molecule is O=CC1CNC2=CC=CCN21. The molecule has 0 aliphatic carbocycles. The third-order valence-corrected chi connectivity index (χ3v) is 2.05. The van der Waals surface area contributed by atoms with Crippen LogP contribution in [0.2, 0.25) is 0 Å². The Hall–Kier alpha value is -1.25. The lowest BCUT2D eigenvalue weighted by molar-refractivity contribution is -0.110. The van der Waals surface area contributed by atoms with Gasteiger partial charge in [0.15, 0.2) is 0 Å². The quantitative estimate of drug-likeness (QED) is 0.528. The van der Waals surface area contributed by atoms with E-state index in [2.05, 4.69) is 10.2 Å². The van der Waals surface area contributed by atoms with Gasteiger partial charge in [0.2, 0.25) is 0 Å². The van der Waals surface area contributed by atoms with Gasteiger partial charge in [-0.15, -0.1) is 0 Å². The molecule has 1 unspecified atom stereocenters. The normalized spacial score (nSPS) is 27.5. The molecule has 3 heteroatoms. The number of hydrogen-bond donors (Lipinski definition) is 1. The zero-order chi connectivity index (χ0) is 7.68. The number of allylic oxidation sites excluding steroid dienone is 2. The van der Waals surface area contributed by atoms with Gasteiger partial charge in [-0.05, 0) is 6.08 Å². The number of aldehydes is 1. The lowest BCUT2D eigenvalue weighted by Crippen LogP contribution is -2.32. The van der Waals surface area contributed by atoms with Gasteiger partial charge < -0.3 is 15.0 Å². The Labute approximate surface area is 65.4 Å². The fourth-order valence-corrected chi connectivity index (χ4v) is 1.44. The van der Waals surface area contributed by atoms with Crippen LogP contribution in [0.4, 0.5) is 0 Å². The predicted octanol–water partition coefficient (Wildman–Crippen LogP) is -0.130. The Bertz CT molecular complexity index is 232. The molecule has 11 heavy (non-hydrogen) atoms. The molecule has 0 bridgehead atoms. The first-order valence-corrected chi connectivity index (χ1v) is 3.74. The molecule has 2 aliphatic heterocycles. The largest absolute Gasteiger partial charge is 0.369 e. The molecule has 1 N–H and O–H groups in total. The molecule has 58 valence electrons. The Balaban J connectivity index is 2.21. The van der Waals surface area contributed by atoms with Gasteiger partial charge in [-0.25, -0.2) is 0 Å². The zero-order valence-corrected chi connectivity index (χ0v) is 6.16. The smallest absolute Gasteiger partial charge is 0.144 e. The summed E-state index contributed by atoms with van der Waals surface area (Å²) in [5.74, 6) is 1.07. The summed E-state index contributed by atoms with van der Waals surface area (Å²) >= 11 is 0. The minimum Gasteiger partial charge on any atom is -0.369 e. The van der Waals surface area contributed by atoms with Crippen molar-refractivity contribution in [2.75, 3.05) is 13.1 Å². The van der Waals surface area contributed by atoms with Crippen LogP contribution in [0.1, 0.15) is 0 Å². The minimum absolute atomic E-state index is 0.0335. The monoisotopic (exact) mass is 150 g/mol. The van der Waals surface area contributed by atoms with E-state index in [4.69, 9.17) is 0 Å². The van der Waals surface area contributed by atoms with Crippen LogP contribution in [0, 0.1) is 0 Å². The van der Waals surface area contributed by atoms with E-state index in [0.717, 1.165) is 25.2 Å². The molecule has 2 rings (SSSR count). The summed E-state index contributed by atoms with van der Waals surface area (Å²) in [6.45, 7) is 1.60. The number of nitrogens with zero attached hydrogens (tertiary/aromatic N) is 1. The van der Waals surface area contributed by atoms with Gasteiger partial charge in [0.1, 0.15) is 18.1 Å². The molecule has 0 aromatic heterocycles. The molecule has 2 heterocycles. The molecule has 0 radical (unpaired) electrons. The van der Waals surface area contributed by atoms with Crippen molar-refractivity contribution in [3.63, 3.8) is 0 Å². The van der Waals surface area contributed by atoms with E-state index in [9.17, 15) is 4.79 Å². The van der Waals surface area contributed by atoms with Gasteiger partial charge in [-0.2, -0.15) is 0 Å². The van der Waals surface area contributed by atoms with Crippen molar-refractivity contribution in [2.24, 2.45) is 0 Å². The number of hydrogen-bond acceptors (Lipinski definition) is 3. The molecule has 0 aromatic rings. The van der Waals surface area contributed by atoms with E-state index >= 15 is 0 Å². The van der Waals surface area contributed by atoms with Crippen molar-refractivity contribution in [3.05, 3.63) is 24.0 Å². The summed E-state index contributed by atoms with van der Waals surface area (Å²) in [6.07, 6.45) is 7.04. The highest BCUT2D eigenvalue weighted by atomic mass is 16.1. The first kappa shape index (κ1) is 6.46. The average Bonchev–Trinajstić information content (AvgIpc) is 2.47. The highest BCUT2D eigenvalue weighted by Crippen LogP contribution is 2.15. The molecular formula is C8H10N2O. The van der Waals surface area contributed by atoms with E-state index in [0.29, 0.717) is 0 Å². The Kier molecular flexibility index (Phi) is 1.42. The molecule has 0 amide bonds. The molecule has 0 saturated carbocycles. The highest BCUT2D eigenvalue weighted by Gasteiger charge is 2.26. The van der Waals surface area contributed by atoms with Crippen molar-refractivity contribution in [3.8, 4) is 0 Å². The average molecular weight is 150 g/mol. The second kappa shape index (κ2) is 2.42. The van der Waals surface area contributed by atoms with Gasteiger partial charge in [0.05, 0.1) is 0 Å². The summed E-state index contributed by atoms with van der Waals surface area (Å²) in [4.78, 5) is 12.6. The van der Waals surface area contributed by atoms with Gasteiger partial charge in [0.25, 0.3) is 0 Å². The zero-order valence-electron chi connectivity index (χ0n) is 6.16. The van der Waals surface area contributed by atoms with Crippen LogP contribution < -0.4 is 5.32 Å². The summed E-state index contributed by atoms with van der Waals surface area (Å²) < 4.78 is 0. The topological polar surface area (TPSA) is 32.3 Å². The van der Waals surface area contributed by atoms with Crippen LogP contribution in [-0.2, 0) is 4.79 Å². The molecule has 2 aliphatic rings. The summed E-state index contributed by atoms with van der Waals surface area (Å²) in [7, 11) is 0.